The molecule has 2 aromatic rings. The minimum absolute atomic E-state index is 0.0518. The topological polar surface area (TPSA) is 88.6 Å². The largest absolute Gasteiger partial charge is 0.481 e. The van der Waals surface area contributed by atoms with Crippen LogP contribution in [0.4, 0.5) is 5.95 Å². The molecule has 0 spiro atoms. The van der Waals surface area contributed by atoms with Crippen molar-refractivity contribution in [3.63, 3.8) is 0 Å². The molecule has 2 heterocycles. The van der Waals surface area contributed by atoms with Crippen molar-refractivity contribution in [2.75, 3.05) is 12.4 Å². The summed E-state index contributed by atoms with van der Waals surface area (Å²) in [6.45, 7) is 3.83. The van der Waals surface area contributed by atoms with Gasteiger partial charge in [0, 0.05) is 11.8 Å². The summed E-state index contributed by atoms with van der Waals surface area (Å²) in [5, 5.41) is 9.71. The number of aryl methyl sites for hydroxylation is 1. The van der Waals surface area contributed by atoms with Crippen LogP contribution in [0.3, 0.4) is 0 Å². The fraction of sp³-hybridized carbons (Fsp3) is 0.400. The maximum absolute atomic E-state index is 5.08. The van der Waals surface area contributed by atoms with Gasteiger partial charge < -0.3 is 10.1 Å². The standard InChI is InChI=1S/C10H14N6O/c1-6-4-8(17-3)15-10(13-6)14-7(2)9-11-5-12-16-9/h4-5,7H,1-3H3,(H,11,12,16)(H,13,14,15). The number of aromatic amines is 1. The number of hydrogen-bond donors (Lipinski definition) is 2. The number of methoxy groups -OCH3 is 1. The van der Waals surface area contributed by atoms with E-state index in [1.807, 2.05) is 13.8 Å². The first-order chi connectivity index (χ1) is 8.19. The Kier molecular flexibility index (Phi) is 3.17. The molecule has 90 valence electrons. The van der Waals surface area contributed by atoms with E-state index in [-0.39, 0.29) is 6.04 Å². The summed E-state index contributed by atoms with van der Waals surface area (Å²) < 4.78 is 5.08. The van der Waals surface area contributed by atoms with Gasteiger partial charge in [-0.05, 0) is 13.8 Å². The van der Waals surface area contributed by atoms with Crippen LogP contribution in [-0.2, 0) is 0 Å². The van der Waals surface area contributed by atoms with Crippen LogP contribution in [0, 0.1) is 6.92 Å². The first-order valence-corrected chi connectivity index (χ1v) is 5.20. The van der Waals surface area contributed by atoms with Gasteiger partial charge in [0.1, 0.15) is 12.2 Å². The molecule has 0 aliphatic carbocycles. The zero-order valence-corrected chi connectivity index (χ0v) is 9.93. The Morgan fingerprint density at radius 2 is 2.24 bits per heavy atom. The maximum Gasteiger partial charge on any atom is 0.226 e. The number of ether oxygens (including phenoxy) is 1. The van der Waals surface area contributed by atoms with E-state index < -0.39 is 0 Å². The van der Waals surface area contributed by atoms with E-state index in [2.05, 4.69) is 30.5 Å². The zero-order valence-electron chi connectivity index (χ0n) is 9.93. The average Bonchev–Trinajstić information content (AvgIpc) is 2.81. The lowest BCUT2D eigenvalue weighted by molar-refractivity contribution is 0.397. The zero-order chi connectivity index (χ0) is 12.3. The van der Waals surface area contributed by atoms with Gasteiger partial charge in [0.25, 0.3) is 0 Å². The molecule has 0 aromatic carbocycles. The number of anilines is 1. The lowest BCUT2D eigenvalue weighted by Gasteiger charge is -2.11. The molecule has 0 aliphatic rings. The Labute approximate surface area is 98.7 Å². The highest BCUT2D eigenvalue weighted by Crippen LogP contribution is 2.15. The lowest BCUT2D eigenvalue weighted by atomic mass is 10.3. The molecule has 0 fully saturated rings. The molecule has 0 bridgehead atoms. The second kappa shape index (κ2) is 4.77. The third-order valence-corrected chi connectivity index (χ3v) is 2.23. The Bertz CT molecular complexity index is 484. The maximum atomic E-state index is 5.08. The molecular weight excluding hydrogens is 220 g/mol. The number of aromatic nitrogens is 5. The molecule has 7 heteroatoms. The average molecular weight is 234 g/mol. The van der Waals surface area contributed by atoms with Crippen LogP contribution < -0.4 is 10.1 Å². The summed E-state index contributed by atoms with van der Waals surface area (Å²) in [6, 6.07) is 1.72. The van der Waals surface area contributed by atoms with E-state index >= 15 is 0 Å². The van der Waals surface area contributed by atoms with E-state index in [0.29, 0.717) is 11.8 Å². The van der Waals surface area contributed by atoms with Crippen LogP contribution in [0.1, 0.15) is 24.5 Å². The van der Waals surface area contributed by atoms with Crippen LogP contribution in [0.15, 0.2) is 12.4 Å². The van der Waals surface area contributed by atoms with Gasteiger partial charge in [-0.1, -0.05) is 0 Å². The van der Waals surface area contributed by atoms with Gasteiger partial charge in [0.05, 0.1) is 13.2 Å². The molecule has 0 saturated heterocycles. The van der Waals surface area contributed by atoms with E-state index in [1.165, 1.54) is 6.33 Å². The van der Waals surface area contributed by atoms with Crippen molar-refractivity contribution in [3.05, 3.63) is 23.9 Å². The SMILES string of the molecule is COc1cc(C)nc(NC(C)c2ncn[nH]2)n1. The van der Waals surface area contributed by atoms with Gasteiger partial charge in [-0.2, -0.15) is 10.1 Å². The van der Waals surface area contributed by atoms with Crippen molar-refractivity contribution < 1.29 is 4.74 Å². The normalized spacial score (nSPS) is 12.2. The second-order valence-corrected chi connectivity index (χ2v) is 3.61. The van der Waals surface area contributed by atoms with Crippen LogP contribution in [-0.4, -0.2) is 32.3 Å². The molecule has 17 heavy (non-hydrogen) atoms. The fourth-order valence-corrected chi connectivity index (χ4v) is 1.39. The number of nitrogens with zero attached hydrogens (tertiary/aromatic N) is 4. The van der Waals surface area contributed by atoms with Crippen LogP contribution in [0.5, 0.6) is 5.88 Å². The van der Waals surface area contributed by atoms with Crippen molar-refractivity contribution >= 4 is 5.95 Å². The van der Waals surface area contributed by atoms with E-state index in [1.54, 1.807) is 13.2 Å². The van der Waals surface area contributed by atoms with Gasteiger partial charge in [0.15, 0.2) is 0 Å². The van der Waals surface area contributed by atoms with Crippen LogP contribution in [0.25, 0.3) is 0 Å². The second-order valence-electron chi connectivity index (χ2n) is 3.61. The smallest absolute Gasteiger partial charge is 0.226 e. The van der Waals surface area contributed by atoms with E-state index in [0.717, 1.165) is 11.5 Å². The quantitative estimate of drug-likeness (QED) is 0.823. The highest BCUT2D eigenvalue weighted by atomic mass is 16.5. The third-order valence-electron chi connectivity index (χ3n) is 2.23. The Balaban J connectivity index is 2.15. The minimum atomic E-state index is -0.0518. The summed E-state index contributed by atoms with van der Waals surface area (Å²) in [5.41, 5.74) is 0.837. The van der Waals surface area contributed by atoms with Crippen LogP contribution >= 0.6 is 0 Å². The van der Waals surface area contributed by atoms with E-state index in [9.17, 15) is 0 Å². The van der Waals surface area contributed by atoms with E-state index in [4.69, 9.17) is 4.74 Å². The van der Waals surface area contributed by atoms with Gasteiger partial charge in [0.2, 0.25) is 11.8 Å². The first-order valence-electron chi connectivity index (χ1n) is 5.20. The summed E-state index contributed by atoms with van der Waals surface area (Å²) in [6.07, 6.45) is 1.46. The monoisotopic (exact) mass is 234 g/mol. The van der Waals surface area contributed by atoms with Crippen molar-refractivity contribution in [1.29, 1.82) is 0 Å². The molecule has 1 atom stereocenters. The number of H-pyrrole nitrogens is 1. The van der Waals surface area contributed by atoms with Gasteiger partial charge in [-0.25, -0.2) is 9.97 Å². The summed E-state index contributed by atoms with van der Waals surface area (Å²) in [5.74, 6) is 1.77. The van der Waals surface area contributed by atoms with Crippen molar-refractivity contribution in [3.8, 4) is 5.88 Å². The van der Waals surface area contributed by atoms with Gasteiger partial charge in [-0.3, -0.25) is 5.10 Å². The summed E-state index contributed by atoms with van der Waals surface area (Å²) in [7, 11) is 1.57. The number of nitrogens with one attached hydrogen (secondary N) is 2. The van der Waals surface area contributed by atoms with Gasteiger partial charge >= 0.3 is 0 Å². The molecule has 0 saturated carbocycles. The lowest BCUT2D eigenvalue weighted by Crippen LogP contribution is -2.11. The minimum Gasteiger partial charge on any atom is -0.481 e. The molecule has 0 radical (unpaired) electrons. The number of hydrogen-bond acceptors (Lipinski definition) is 6. The molecular formula is C10H14N6O. The van der Waals surface area contributed by atoms with Crippen molar-refractivity contribution in [2.24, 2.45) is 0 Å². The fourth-order valence-electron chi connectivity index (χ4n) is 1.39. The molecule has 0 aliphatic heterocycles. The number of rotatable bonds is 4. The Morgan fingerprint density at radius 1 is 1.41 bits per heavy atom. The summed E-state index contributed by atoms with van der Waals surface area (Å²) in [4.78, 5) is 12.5. The highest BCUT2D eigenvalue weighted by Gasteiger charge is 2.10. The van der Waals surface area contributed by atoms with Crippen LogP contribution in [0.2, 0.25) is 0 Å². The van der Waals surface area contributed by atoms with Crippen molar-refractivity contribution in [1.82, 2.24) is 25.1 Å². The molecule has 1 unspecified atom stereocenters. The molecule has 2 N–H and O–H groups in total. The highest BCUT2D eigenvalue weighted by molar-refractivity contribution is 5.32. The van der Waals surface area contributed by atoms with Crippen molar-refractivity contribution in [2.45, 2.75) is 19.9 Å². The molecule has 2 rings (SSSR count). The third kappa shape index (κ3) is 2.68. The summed E-state index contributed by atoms with van der Waals surface area (Å²) >= 11 is 0. The predicted molar refractivity (Wildman–Crippen MR) is 61.7 cm³/mol. The first kappa shape index (κ1) is 11.3. The predicted octanol–water partition coefficient (Wildman–Crippen LogP) is 1.08. The molecule has 2 aromatic heterocycles. The molecule has 0 amide bonds. The Hall–Kier alpha value is -2.18. The van der Waals surface area contributed by atoms with Gasteiger partial charge in [-0.15, -0.1) is 0 Å². The Morgan fingerprint density at radius 3 is 2.88 bits per heavy atom. The molecule has 7 nitrogen and oxygen atoms in total.